The lowest BCUT2D eigenvalue weighted by atomic mass is 9.92. The Morgan fingerprint density at radius 3 is 2.57 bits per heavy atom. The fraction of sp³-hybridized carbons (Fsp3) is 0.529. The van der Waals surface area contributed by atoms with E-state index < -0.39 is 11.5 Å². The van der Waals surface area contributed by atoms with E-state index >= 15 is 0 Å². The molecule has 1 aromatic rings. The zero-order chi connectivity index (χ0) is 16.9. The molecule has 0 spiro atoms. The molecule has 0 aromatic heterocycles. The van der Waals surface area contributed by atoms with E-state index in [0.717, 1.165) is 16.4 Å². The SMILES string of the molecule is Cc1ccc(SCCC(=O)NC2(C(=O)O)CCSCC2)cc1C. The Labute approximate surface area is 145 Å². The highest BCUT2D eigenvalue weighted by atomic mass is 32.2. The maximum atomic E-state index is 12.1. The number of thioether (sulfide) groups is 2. The van der Waals surface area contributed by atoms with Crippen molar-refractivity contribution in [3.05, 3.63) is 29.3 Å². The van der Waals surface area contributed by atoms with Gasteiger partial charge in [0, 0.05) is 17.1 Å². The monoisotopic (exact) mass is 353 g/mol. The van der Waals surface area contributed by atoms with Crippen molar-refractivity contribution in [3.8, 4) is 0 Å². The molecule has 0 atom stereocenters. The average molecular weight is 354 g/mol. The van der Waals surface area contributed by atoms with Gasteiger partial charge in [-0.2, -0.15) is 11.8 Å². The Morgan fingerprint density at radius 1 is 1.26 bits per heavy atom. The van der Waals surface area contributed by atoms with Gasteiger partial charge in [0.2, 0.25) is 5.91 Å². The number of aryl methyl sites for hydroxylation is 2. The van der Waals surface area contributed by atoms with E-state index in [1.54, 1.807) is 23.5 Å². The van der Waals surface area contributed by atoms with Crippen LogP contribution < -0.4 is 5.32 Å². The first-order chi connectivity index (χ1) is 10.9. The van der Waals surface area contributed by atoms with Crippen LogP contribution in [0, 0.1) is 13.8 Å². The molecule has 0 bridgehead atoms. The van der Waals surface area contributed by atoms with Crippen LogP contribution in [0.15, 0.2) is 23.1 Å². The molecule has 1 saturated heterocycles. The van der Waals surface area contributed by atoms with Gasteiger partial charge in [-0.3, -0.25) is 4.79 Å². The molecule has 4 nitrogen and oxygen atoms in total. The molecule has 0 unspecified atom stereocenters. The van der Waals surface area contributed by atoms with Gasteiger partial charge >= 0.3 is 5.97 Å². The summed E-state index contributed by atoms with van der Waals surface area (Å²) in [7, 11) is 0. The summed E-state index contributed by atoms with van der Waals surface area (Å²) in [5.74, 6) is 1.14. The molecular weight excluding hydrogens is 330 g/mol. The molecule has 1 aliphatic rings. The van der Waals surface area contributed by atoms with Crippen LogP contribution in [0.3, 0.4) is 0 Å². The smallest absolute Gasteiger partial charge is 0.329 e. The number of carboxylic acid groups (broad SMARTS) is 1. The van der Waals surface area contributed by atoms with Crippen molar-refractivity contribution in [2.24, 2.45) is 0 Å². The summed E-state index contributed by atoms with van der Waals surface area (Å²) >= 11 is 3.37. The van der Waals surface area contributed by atoms with Gasteiger partial charge in [0.1, 0.15) is 5.54 Å². The van der Waals surface area contributed by atoms with Crippen LogP contribution in [0.1, 0.15) is 30.4 Å². The summed E-state index contributed by atoms with van der Waals surface area (Å²) in [6.07, 6.45) is 1.34. The normalized spacial score (nSPS) is 16.8. The van der Waals surface area contributed by atoms with Crippen molar-refractivity contribution in [1.29, 1.82) is 0 Å². The summed E-state index contributed by atoms with van der Waals surface area (Å²) in [6.45, 7) is 4.15. The third-order valence-electron chi connectivity index (χ3n) is 4.21. The van der Waals surface area contributed by atoms with Crippen LogP contribution in [0.5, 0.6) is 0 Å². The molecule has 2 rings (SSSR count). The molecule has 0 aliphatic carbocycles. The Hall–Kier alpha value is -1.14. The number of amides is 1. The minimum atomic E-state index is -1.06. The molecule has 1 fully saturated rings. The number of carbonyl (C=O) groups excluding carboxylic acids is 1. The van der Waals surface area contributed by atoms with Gasteiger partial charge < -0.3 is 10.4 Å². The van der Waals surface area contributed by atoms with Crippen molar-refractivity contribution in [2.75, 3.05) is 17.3 Å². The van der Waals surface area contributed by atoms with Crippen molar-refractivity contribution in [2.45, 2.75) is 43.5 Å². The number of aliphatic carboxylic acids is 1. The second kappa shape index (κ2) is 8.11. The lowest BCUT2D eigenvalue weighted by molar-refractivity contribution is -0.148. The van der Waals surface area contributed by atoms with Gasteiger partial charge in [-0.25, -0.2) is 4.79 Å². The lowest BCUT2D eigenvalue weighted by Gasteiger charge is -2.33. The van der Waals surface area contributed by atoms with Crippen LogP contribution >= 0.6 is 23.5 Å². The molecular formula is C17H23NO3S2. The van der Waals surface area contributed by atoms with Crippen molar-refractivity contribution < 1.29 is 14.7 Å². The van der Waals surface area contributed by atoms with Crippen LogP contribution in [-0.4, -0.2) is 39.8 Å². The molecule has 1 aliphatic heterocycles. The van der Waals surface area contributed by atoms with E-state index in [0.29, 0.717) is 25.0 Å². The number of carbonyl (C=O) groups is 2. The summed E-state index contributed by atoms with van der Waals surface area (Å²) < 4.78 is 0. The molecule has 0 radical (unpaired) electrons. The van der Waals surface area contributed by atoms with Crippen molar-refractivity contribution in [3.63, 3.8) is 0 Å². The van der Waals surface area contributed by atoms with Gasteiger partial charge in [-0.1, -0.05) is 6.07 Å². The second-order valence-corrected chi connectivity index (χ2v) is 8.29. The summed E-state index contributed by atoms with van der Waals surface area (Å²) in [5, 5.41) is 12.2. The predicted octanol–water partition coefficient (Wildman–Crippen LogP) is 3.25. The third-order valence-corrected chi connectivity index (χ3v) is 6.19. The number of hydrogen-bond donors (Lipinski definition) is 2. The first kappa shape index (κ1) is 18.2. The van der Waals surface area contributed by atoms with Gasteiger partial charge in [0.05, 0.1) is 0 Å². The minimum absolute atomic E-state index is 0.171. The molecule has 1 heterocycles. The molecule has 1 aromatic carbocycles. The lowest BCUT2D eigenvalue weighted by Crippen LogP contribution is -2.56. The van der Waals surface area contributed by atoms with E-state index in [2.05, 4.69) is 37.4 Å². The van der Waals surface area contributed by atoms with E-state index in [9.17, 15) is 14.7 Å². The first-order valence-electron chi connectivity index (χ1n) is 7.75. The Balaban J connectivity index is 1.84. The Bertz CT molecular complexity index is 583. The van der Waals surface area contributed by atoms with Crippen LogP contribution in [-0.2, 0) is 9.59 Å². The Morgan fingerprint density at radius 2 is 1.96 bits per heavy atom. The topological polar surface area (TPSA) is 66.4 Å². The largest absolute Gasteiger partial charge is 0.480 e. The van der Waals surface area contributed by atoms with E-state index in [1.807, 2.05) is 0 Å². The first-order valence-corrected chi connectivity index (χ1v) is 9.89. The van der Waals surface area contributed by atoms with E-state index in [-0.39, 0.29) is 5.91 Å². The maximum Gasteiger partial charge on any atom is 0.329 e. The third kappa shape index (κ3) is 4.91. The van der Waals surface area contributed by atoms with Gasteiger partial charge in [-0.15, -0.1) is 11.8 Å². The standard InChI is InChI=1S/C17H23NO3S2/c1-12-3-4-14(11-13(12)2)23-8-5-15(19)18-17(16(20)21)6-9-22-10-7-17/h3-4,11H,5-10H2,1-2H3,(H,18,19)(H,20,21). The van der Waals surface area contributed by atoms with E-state index in [4.69, 9.17) is 0 Å². The van der Waals surface area contributed by atoms with E-state index in [1.165, 1.54) is 11.1 Å². The van der Waals surface area contributed by atoms with Crippen molar-refractivity contribution >= 4 is 35.4 Å². The molecule has 6 heteroatoms. The highest BCUT2D eigenvalue weighted by molar-refractivity contribution is 7.99. The predicted molar refractivity (Wildman–Crippen MR) is 96.3 cm³/mol. The molecule has 1 amide bonds. The fourth-order valence-electron chi connectivity index (χ4n) is 2.51. The number of carboxylic acids is 1. The zero-order valence-corrected chi connectivity index (χ0v) is 15.2. The second-order valence-electron chi connectivity index (χ2n) is 5.89. The average Bonchev–Trinajstić information content (AvgIpc) is 2.51. The number of rotatable bonds is 6. The van der Waals surface area contributed by atoms with Gasteiger partial charge in [0.25, 0.3) is 0 Å². The van der Waals surface area contributed by atoms with Crippen LogP contribution in [0.25, 0.3) is 0 Å². The molecule has 23 heavy (non-hydrogen) atoms. The highest BCUT2D eigenvalue weighted by Crippen LogP contribution is 2.28. The van der Waals surface area contributed by atoms with Crippen LogP contribution in [0.2, 0.25) is 0 Å². The summed E-state index contributed by atoms with van der Waals surface area (Å²) in [5.41, 5.74) is 1.43. The van der Waals surface area contributed by atoms with Crippen molar-refractivity contribution in [1.82, 2.24) is 5.32 Å². The molecule has 126 valence electrons. The number of benzene rings is 1. The summed E-state index contributed by atoms with van der Waals surface area (Å²) in [6, 6.07) is 6.26. The molecule has 2 N–H and O–H groups in total. The number of nitrogens with one attached hydrogen (secondary N) is 1. The fourth-order valence-corrected chi connectivity index (χ4v) is 4.64. The van der Waals surface area contributed by atoms with Crippen LogP contribution in [0.4, 0.5) is 0 Å². The minimum Gasteiger partial charge on any atom is -0.480 e. The quantitative estimate of drug-likeness (QED) is 0.769. The zero-order valence-electron chi connectivity index (χ0n) is 13.6. The highest BCUT2D eigenvalue weighted by Gasteiger charge is 2.41. The molecule has 0 saturated carbocycles. The van der Waals surface area contributed by atoms with Gasteiger partial charge in [0.15, 0.2) is 0 Å². The summed E-state index contributed by atoms with van der Waals surface area (Å²) in [4.78, 5) is 24.8. The van der Waals surface area contributed by atoms with Gasteiger partial charge in [-0.05, 0) is 61.5 Å². The maximum absolute atomic E-state index is 12.1. The Kier molecular flexibility index (Phi) is 6.41. The number of hydrogen-bond acceptors (Lipinski definition) is 4.